The van der Waals surface area contributed by atoms with Gasteiger partial charge in [-0.15, -0.1) is 0 Å². The first-order valence-electron chi connectivity index (χ1n) is 5.87. The highest BCUT2D eigenvalue weighted by Crippen LogP contribution is 2.24. The molecule has 1 rings (SSSR count). The smallest absolute Gasteiger partial charge is 0.258 e. The molecule has 18 heavy (non-hydrogen) atoms. The average molecular weight is 246 g/mol. The lowest BCUT2D eigenvalue weighted by molar-refractivity contribution is -0.123. The van der Waals surface area contributed by atoms with Crippen LogP contribution in [0.1, 0.15) is 30.5 Å². The Morgan fingerprint density at radius 2 is 1.94 bits per heavy atom. The zero-order chi connectivity index (χ0) is 13.7. The number of aryl methyl sites for hydroxylation is 2. The van der Waals surface area contributed by atoms with Crippen LogP contribution in [0.2, 0.25) is 0 Å². The van der Waals surface area contributed by atoms with Gasteiger partial charge in [-0.25, -0.2) is 0 Å². The number of hydrogen-bond acceptors (Lipinski definition) is 3. The minimum absolute atomic E-state index is 0.00817. The van der Waals surface area contributed by atoms with Crippen LogP contribution < -0.4 is 10.1 Å². The van der Waals surface area contributed by atoms with Gasteiger partial charge in [0.1, 0.15) is 5.75 Å². The van der Waals surface area contributed by atoms with Crippen LogP contribution in [-0.2, 0) is 4.79 Å². The third-order valence-corrected chi connectivity index (χ3v) is 2.39. The summed E-state index contributed by atoms with van der Waals surface area (Å²) in [5.74, 6) is 0.529. The second kappa shape index (κ2) is 6.06. The molecule has 4 heteroatoms. The van der Waals surface area contributed by atoms with Crippen molar-refractivity contribution in [1.82, 2.24) is 5.32 Å². The molecule has 4 nitrogen and oxygen atoms in total. The summed E-state index contributed by atoms with van der Waals surface area (Å²) in [4.78, 5) is 11.5. The Morgan fingerprint density at radius 1 is 1.39 bits per heavy atom. The van der Waals surface area contributed by atoms with Crippen LogP contribution in [-0.4, -0.2) is 18.6 Å². The molecule has 0 spiro atoms. The van der Waals surface area contributed by atoms with Crippen LogP contribution in [0.5, 0.6) is 5.75 Å². The summed E-state index contributed by atoms with van der Waals surface area (Å²) in [6.07, 6.45) is 0. The van der Waals surface area contributed by atoms with E-state index in [4.69, 9.17) is 10.00 Å². The lowest BCUT2D eigenvalue weighted by atomic mass is 10.1. The second-order valence-electron chi connectivity index (χ2n) is 4.56. The van der Waals surface area contributed by atoms with Gasteiger partial charge in [0.2, 0.25) is 0 Å². The van der Waals surface area contributed by atoms with E-state index in [-0.39, 0.29) is 18.6 Å². The Morgan fingerprint density at radius 3 is 2.39 bits per heavy atom. The molecule has 0 aliphatic carbocycles. The van der Waals surface area contributed by atoms with E-state index >= 15 is 0 Å². The summed E-state index contributed by atoms with van der Waals surface area (Å²) in [7, 11) is 0. The maximum absolute atomic E-state index is 11.5. The average Bonchev–Trinajstić information content (AvgIpc) is 2.26. The van der Waals surface area contributed by atoms with Gasteiger partial charge in [0, 0.05) is 6.04 Å². The number of carbonyl (C=O) groups is 1. The number of nitrogens with zero attached hydrogens (tertiary/aromatic N) is 1. The van der Waals surface area contributed by atoms with Gasteiger partial charge in [-0.3, -0.25) is 4.79 Å². The number of benzene rings is 1. The summed E-state index contributed by atoms with van der Waals surface area (Å²) >= 11 is 0. The molecule has 0 aliphatic heterocycles. The Hall–Kier alpha value is -2.02. The highest BCUT2D eigenvalue weighted by molar-refractivity contribution is 5.77. The summed E-state index contributed by atoms with van der Waals surface area (Å²) in [5.41, 5.74) is 2.33. The van der Waals surface area contributed by atoms with Crippen molar-refractivity contribution in [3.63, 3.8) is 0 Å². The number of nitrogens with one attached hydrogen (secondary N) is 1. The summed E-state index contributed by atoms with van der Waals surface area (Å²) in [6, 6.07) is 5.70. The van der Waals surface area contributed by atoms with E-state index in [0.717, 1.165) is 11.1 Å². The molecule has 0 aromatic heterocycles. The quantitative estimate of drug-likeness (QED) is 0.884. The Labute approximate surface area is 108 Å². The number of amides is 1. The zero-order valence-electron chi connectivity index (χ0n) is 11.2. The van der Waals surface area contributed by atoms with Gasteiger partial charge in [-0.2, -0.15) is 5.26 Å². The van der Waals surface area contributed by atoms with Crippen LogP contribution in [0.3, 0.4) is 0 Å². The molecule has 0 saturated carbocycles. The lowest BCUT2D eigenvalue weighted by Crippen LogP contribution is -2.34. The predicted molar refractivity (Wildman–Crippen MR) is 69.4 cm³/mol. The molecule has 0 fully saturated rings. The van der Waals surface area contributed by atoms with Gasteiger partial charge in [-0.1, -0.05) is 0 Å². The fourth-order valence-corrected chi connectivity index (χ4v) is 1.74. The van der Waals surface area contributed by atoms with Crippen molar-refractivity contribution in [3.05, 3.63) is 28.8 Å². The van der Waals surface area contributed by atoms with E-state index in [1.54, 1.807) is 12.1 Å². The second-order valence-corrected chi connectivity index (χ2v) is 4.56. The normalized spacial score (nSPS) is 10.0. The van der Waals surface area contributed by atoms with Crippen LogP contribution in [0.15, 0.2) is 12.1 Å². The largest absolute Gasteiger partial charge is 0.483 e. The molecule has 0 bridgehead atoms. The summed E-state index contributed by atoms with van der Waals surface area (Å²) in [6.45, 7) is 7.52. The van der Waals surface area contributed by atoms with Crippen molar-refractivity contribution in [2.24, 2.45) is 0 Å². The van der Waals surface area contributed by atoms with Crippen LogP contribution >= 0.6 is 0 Å². The number of carbonyl (C=O) groups excluding carboxylic acids is 1. The van der Waals surface area contributed by atoms with E-state index < -0.39 is 0 Å². The van der Waals surface area contributed by atoms with Gasteiger partial charge >= 0.3 is 0 Å². The molecular weight excluding hydrogens is 228 g/mol. The molecule has 96 valence electrons. The Bertz CT molecular complexity index is 464. The van der Waals surface area contributed by atoms with Gasteiger partial charge in [0.25, 0.3) is 5.91 Å². The fraction of sp³-hybridized carbons (Fsp3) is 0.429. The SMILES string of the molecule is Cc1cc(C#N)cc(C)c1OCC(=O)NC(C)C. The van der Waals surface area contributed by atoms with Crippen molar-refractivity contribution in [1.29, 1.82) is 5.26 Å². The molecule has 0 atom stereocenters. The molecule has 1 amide bonds. The summed E-state index contributed by atoms with van der Waals surface area (Å²) in [5, 5.41) is 11.6. The molecule has 0 heterocycles. The van der Waals surface area contributed by atoms with Crippen LogP contribution in [0, 0.1) is 25.2 Å². The monoisotopic (exact) mass is 246 g/mol. The molecule has 1 N–H and O–H groups in total. The van der Waals surface area contributed by atoms with E-state index in [2.05, 4.69) is 11.4 Å². The highest BCUT2D eigenvalue weighted by atomic mass is 16.5. The number of ether oxygens (including phenoxy) is 1. The van der Waals surface area contributed by atoms with E-state index in [9.17, 15) is 4.79 Å². The summed E-state index contributed by atoms with van der Waals surface area (Å²) < 4.78 is 5.51. The molecule has 1 aromatic rings. The number of rotatable bonds is 4. The first-order valence-corrected chi connectivity index (χ1v) is 5.87. The Balaban J connectivity index is 2.74. The standard InChI is InChI=1S/C14H18N2O2/c1-9(2)16-13(17)8-18-14-10(3)5-12(7-15)6-11(14)4/h5-6,9H,8H2,1-4H3,(H,16,17). The first kappa shape index (κ1) is 14.0. The third-order valence-electron chi connectivity index (χ3n) is 2.39. The van der Waals surface area contributed by atoms with Crippen LogP contribution in [0.25, 0.3) is 0 Å². The van der Waals surface area contributed by atoms with E-state index in [1.165, 1.54) is 0 Å². The lowest BCUT2D eigenvalue weighted by Gasteiger charge is -2.13. The molecule has 1 aromatic carbocycles. The minimum Gasteiger partial charge on any atom is -0.483 e. The van der Waals surface area contributed by atoms with Gasteiger partial charge in [-0.05, 0) is 51.0 Å². The zero-order valence-corrected chi connectivity index (χ0v) is 11.2. The maximum atomic E-state index is 11.5. The molecule has 0 aliphatic rings. The number of hydrogen-bond donors (Lipinski definition) is 1. The maximum Gasteiger partial charge on any atom is 0.258 e. The van der Waals surface area contributed by atoms with Crippen molar-refractivity contribution in [3.8, 4) is 11.8 Å². The van der Waals surface area contributed by atoms with Crippen molar-refractivity contribution in [2.75, 3.05) is 6.61 Å². The number of nitriles is 1. The van der Waals surface area contributed by atoms with Gasteiger partial charge in [0.15, 0.2) is 6.61 Å². The van der Waals surface area contributed by atoms with Crippen molar-refractivity contribution in [2.45, 2.75) is 33.7 Å². The van der Waals surface area contributed by atoms with E-state index in [0.29, 0.717) is 11.3 Å². The highest BCUT2D eigenvalue weighted by Gasteiger charge is 2.09. The third kappa shape index (κ3) is 3.77. The minimum atomic E-state index is -0.145. The predicted octanol–water partition coefficient (Wildman–Crippen LogP) is 2.08. The fourth-order valence-electron chi connectivity index (χ4n) is 1.74. The van der Waals surface area contributed by atoms with Gasteiger partial charge < -0.3 is 10.1 Å². The van der Waals surface area contributed by atoms with E-state index in [1.807, 2.05) is 27.7 Å². The molecule has 0 radical (unpaired) electrons. The topological polar surface area (TPSA) is 62.1 Å². The molecular formula is C14H18N2O2. The van der Waals surface area contributed by atoms with Crippen LogP contribution in [0.4, 0.5) is 0 Å². The Kier molecular flexibility index (Phi) is 4.73. The molecule has 0 unspecified atom stereocenters. The van der Waals surface area contributed by atoms with Crippen molar-refractivity contribution < 1.29 is 9.53 Å². The first-order chi connectivity index (χ1) is 8.43. The van der Waals surface area contributed by atoms with Crippen molar-refractivity contribution >= 4 is 5.91 Å². The molecule has 0 saturated heterocycles. The van der Waals surface area contributed by atoms with Gasteiger partial charge in [0.05, 0.1) is 11.6 Å².